The summed E-state index contributed by atoms with van der Waals surface area (Å²) in [5.41, 5.74) is 6.68. The Labute approximate surface area is 84.0 Å². The van der Waals surface area contributed by atoms with E-state index in [0.717, 1.165) is 4.47 Å². The van der Waals surface area contributed by atoms with Gasteiger partial charge in [0.2, 0.25) is 0 Å². The maximum Gasteiger partial charge on any atom is 0.172 e. The van der Waals surface area contributed by atoms with E-state index in [1.165, 1.54) is 0 Å². The van der Waals surface area contributed by atoms with Crippen LogP contribution >= 0.6 is 15.9 Å². The van der Waals surface area contributed by atoms with Crippen LogP contribution in [-0.2, 0) is 0 Å². The molecule has 13 heavy (non-hydrogen) atoms. The Balaban J connectivity index is 2.67. The number of rotatable bonds is 0. The highest BCUT2D eigenvalue weighted by Gasteiger charge is 2.22. The smallest absolute Gasteiger partial charge is 0.172 e. The van der Waals surface area contributed by atoms with Crippen molar-refractivity contribution < 1.29 is 9.53 Å². The second-order valence-corrected chi connectivity index (χ2v) is 3.72. The van der Waals surface area contributed by atoms with Gasteiger partial charge in [0, 0.05) is 12.1 Å². The first-order valence-electron chi connectivity index (χ1n) is 3.94. The molecule has 0 fully saturated rings. The molecule has 0 amide bonds. The van der Waals surface area contributed by atoms with Crippen molar-refractivity contribution in [2.24, 2.45) is 0 Å². The van der Waals surface area contributed by atoms with E-state index < -0.39 is 0 Å². The van der Waals surface area contributed by atoms with Crippen molar-refractivity contribution in [2.75, 3.05) is 12.3 Å². The van der Waals surface area contributed by atoms with Crippen LogP contribution in [0.4, 0.5) is 5.69 Å². The van der Waals surface area contributed by atoms with E-state index >= 15 is 0 Å². The summed E-state index contributed by atoms with van der Waals surface area (Å²) in [6.07, 6.45) is 0.410. The van der Waals surface area contributed by atoms with E-state index in [0.29, 0.717) is 30.0 Å². The molecule has 0 bridgehead atoms. The number of ether oxygens (including phenoxy) is 1. The number of Topliss-reactive ketones (excluding diaryl/α,β-unsaturated/α-hetero) is 1. The molecule has 1 aromatic rings. The molecule has 2 N–H and O–H groups in total. The Bertz CT molecular complexity index is 376. The van der Waals surface area contributed by atoms with Crippen LogP contribution in [0.1, 0.15) is 16.8 Å². The van der Waals surface area contributed by atoms with E-state index in [2.05, 4.69) is 15.9 Å². The van der Waals surface area contributed by atoms with Gasteiger partial charge in [0.15, 0.2) is 5.78 Å². The molecule has 1 aliphatic rings. The average Bonchev–Trinajstić information content (AvgIpc) is 2.12. The van der Waals surface area contributed by atoms with Crippen LogP contribution in [0.15, 0.2) is 16.6 Å². The quantitative estimate of drug-likeness (QED) is 0.708. The van der Waals surface area contributed by atoms with E-state index in [-0.39, 0.29) is 5.78 Å². The molecule has 0 aliphatic carbocycles. The number of hydrogen-bond acceptors (Lipinski definition) is 3. The van der Waals surface area contributed by atoms with Gasteiger partial charge in [0.05, 0.1) is 16.6 Å². The van der Waals surface area contributed by atoms with Crippen LogP contribution in [0.5, 0.6) is 5.75 Å². The second-order valence-electron chi connectivity index (χ2n) is 2.86. The SMILES string of the molecule is Nc1ccc(Br)c2c1C(=O)CCO2. The first-order valence-corrected chi connectivity index (χ1v) is 4.73. The summed E-state index contributed by atoms with van der Waals surface area (Å²) in [6, 6.07) is 3.49. The standard InChI is InChI=1S/C9H8BrNO2/c10-5-1-2-6(11)8-7(12)3-4-13-9(5)8/h1-2H,3-4,11H2. The van der Waals surface area contributed by atoms with E-state index in [4.69, 9.17) is 10.5 Å². The highest BCUT2D eigenvalue weighted by Crippen LogP contribution is 2.36. The lowest BCUT2D eigenvalue weighted by Crippen LogP contribution is -2.17. The summed E-state index contributed by atoms with van der Waals surface area (Å²) >= 11 is 3.31. The molecule has 68 valence electrons. The lowest BCUT2D eigenvalue weighted by molar-refractivity contribution is 0.0934. The summed E-state index contributed by atoms with van der Waals surface area (Å²) in [6.45, 7) is 0.438. The summed E-state index contributed by atoms with van der Waals surface area (Å²) in [4.78, 5) is 11.5. The van der Waals surface area contributed by atoms with E-state index in [1.807, 2.05) is 0 Å². The van der Waals surface area contributed by atoms with Gasteiger partial charge in [-0.05, 0) is 28.1 Å². The van der Waals surface area contributed by atoms with Crippen LogP contribution in [0.2, 0.25) is 0 Å². The largest absolute Gasteiger partial charge is 0.491 e. The number of hydrogen-bond donors (Lipinski definition) is 1. The Morgan fingerprint density at radius 3 is 2.92 bits per heavy atom. The Hall–Kier alpha value is -1.03. The van der Waals surface area contributed by atoms with Gasteiger partial charge >= 0.3 is 0 Å². The minimum Gasteiger partial charge on any atom is -0.491 e. The van der Waals surface area contributed by atoms with Gasteiger partial charge in [-0.25, -0.2) is 0 Å². The Morgan fingerprint density at radius 1 is 1.46 bits per heavy atom. The zero-order valence-corrected chi connectivity index (χ0v) is 8.43. The zero-order valence-electron chi connectivity index (χ0n) is 6.84. The molecule has 0 atom stereocenters. The monoisotopic (exact) mass is 241 g/mol. The molecule has 0 unspecified atom stereocenters. The summed E-state index contributed by atoms with van der Waals surface area (Å²) < 4.78 is 6.14. The molecule has 2 rings (SSSR count). The molecule has 0 aromatic heterocycles. The van der Waals surface area contributed by atoms with E-state index in [9.17, 15) is 4.79 Å². The molecule has 3 nitrogen and oxygen atoms in total. The van der Waals surface area contributed by atoms with Crippen LogP contribution in [0.3, 0.4) is 0 Å². The number of anilines is 1. The number of benzene rings is 1. The minimum absolute atomic E-state index is 0.0556. The second kappa shape index (κ2) is 3.03. The number of ketones is 1. The molecular weight excluding hydrogens is 234 g/mol. The Kier molecular flexibility index (Phi) is 2.00. The third-order valence-corrected chi connectivity index (χ3v) is 2.62. The van der Waals surface area contributed by atoms with Crippen molar-refractivity contribution in [1.82, 2.24) is 0 Å². The summed E-state index contributed by atoms with van der Waals surface area (Å²) in [5.74, 6) is 0.635. The first-order chi connectivity index (χ1) is 6.20. The highest BCUT2D eigenvalue weighted by atomic mass is 79.9. The Morgan fingerprint density at radius 2 is 2.23 bits per heavy atom. The zero-order chi connectivity index (χ0) is 9.42. The fourth-order valence-corrected chi connectivity index (χ4v) is 1.82. The number of nitrogen functional groups attached to an aromatic ring is 1. The highest BCUT2D eigenvalue weighted by molar-refractivity contribution is 9.10. The number of nitrogens with two attached hydrogens (primary N) is 1. The van der Waals surface area contributed by atoms with Crippen LogP contribution in [-0.4, -0.2) is 12.4 Å². The van der Waals surface area contributed by atoms with Gasteiger partial charge < -0.3 is 10.5 Å². The molecule has 0 saturated carbocycles. The molecule has 0 radical (unpaired) electrons. The minimum atomic E-state index is 0.0556. The molecule has 1 aromatic carbocycles. The summed E-state index contributed by atoms with van der Waals surface area (Å²) in [5, 5.41) is 0. The molecule has 1 heterocycles. The molecule has 0 spiro atoms. The number of carbonyl (C=O) groups excluding carboxylic acids is 1. The molecule has 1 aliphatic heterocycles. The molecule has 0 saturated heterocycles. The van der Waals surface area contributed by atoms with Crippen molar-refractivity contribution in [3.8, 4) is 5.75 Å². The van der Waals surface area contributed by atoms with Crippen molar-refractivity contribution in [1.29, 1.82) is 0 Å². The van der Waals surface area contributed by atoms with Gasteiger partial charge in [0.1, 0.15) is 5.75 Å². The van der Waals surface area contributed by atoms with Gasteiger partial charge in [-0.3, -0.25) is 4.79 Å². The number of carbonyl (C=O) groups is 1. The van der Waals surface area contributed by atoms with Crippen molar-refractivity contribution in [3.05, 3.63) is 22.2 Å². The van der Waals surface area contributed by atoms with Crippen LogP contribution in [0.25, 0.3) is 0 Å². The molecular formula is C9H8BrNO2. The third-order valence-electron chi connectivity index (χ3n) is 2.00. The topological polar surface area (TPSA) is 52.3 Å². The molecule has 4 heteroatoms. The predicted octanol–water partition coefficient (Wildman–Crippen LogP) is 2.00. The predicted molar refractivity (Wildman–Crippen MR) is 53.0 cm³/mol. The van der Waals surface area contributed by atoms with E-state index in [1.54, 1.807) is 12.1 Å². The van der Waals surface area contributed by atoms with Crippen molar-refractivity contribution in [3.63, 3.8) is 0 Å². The first kappa shape index (κ1) is 8.56. The third kappa shape index (κ3) is 1.31. The summed E-state index contributed by atoms with van der Waals surface area (Å²) in [7, 11) is 0. The van der Waals surface area contributed by atoms with Gasteiger partial charge in [-0.15, -0.1) is 0 Å². The lowest BCUT2D eigenvalue weighted by atomic mass is 10.0. The fourth-order valence-electron chi connectivity index (χ4n) is 1.37. The normalized spacial score (nSPS) is 15.0. The number of fused-ring (bicyclic) bond motifs is 1. The van der Waals surface area contributed by atoms with Crippen molar-refractivity contribution >= 4 is 27.4 Å². The van der Waals surface area contributed by atoms with Gasteiger partial charge in [-0.1, -0.05) is 0 Å². The maximum atomic E-state index is 11.5. The average molecular weight is 242 g/mol. The van der Waals surface area contributed by atoms with Crippen LogP contribution in [0, 0.1) is 0 Å². The maximum absolute atomic E-state index is 11.5. The fraction of sp³-hybridized carbons (Fsp3) is 0.222. The van der Waals surface area contributed by atoms with Crippen molar-refractivity contribution in [2.45, 2.75) is 6.42 Å². The van der Waals surface area contributed by atoms with Gasteiger partial charge in [-0.2, -0.15) is 0 Å². The van der Waals surface area contributed by atoms with Crippen LogP contribution < -0.4 is 10.5 Å². The number of halogens is 1. The van der Waals surface area contributed by atoms with Gasteiger partial charge in [0.25, 0.3) is 0 Å². The lowest BCUT2D eigenvalue weighted by Gasteiger charge is -2.18.